The number of nitrogens with zero attached hydrogens (tertiary/aromatic N) is 1. The fourth-order valence-corrected chi connectivity index (χ4v) is 3.71. The highest BCUT2D eigenvalue weighted by atomic mass is 32.2. The highest BCUT2D eigenvalue weighted by Gasteiger charge is 2.28. The third-order valence-electron chi connectivity index (χ3n) is 2.98. The summed E-state index contributed by atoms with van der Waals surface area (Å²) in [6, 6.07) is 3.48. The molecule has 0 aliphatic rings. The molecule has 0 aliphatic heterocycles. The van der Waals surface area contributed by atoms with E-state index in [0.29, 0.717) is 18.3 Å². The Morgan fingerprint density at radius 1 is 1.35 bits per heavy atom. The third-order valence-corrected chi connectivity index (χ3v) is 5.65. The molecule has 0 aromatic carbocycles. The molecule has 0 bridgehead atoms. The minimum absolute atomic E-state index is 0.00788. The van der Waals surface area contributed by atoms with Crippen molar-refractivity contribution < 1.29 is 12.8 Å². The molecule has 0 amide bonds. The number of nitrogens with one attached hydrogen (secondary N) is 1. The van der Waals surface area contributed by atoms with Gasteiger partial charge in [-0.25, -0.2) is 8.42 Å². The van der Waals surface area contributed by atoms with Gasteiger partial charge >= 0.3 is 0 Å². The Morgan fingerprint density at radius 3 is 2.55 bits per heavy atom. The number of thioether (sulfide) groups is 1. The lowest BCUT2D eigenvalue weighted by Gasteiger charge is -2.22. The lowest BCUT2D eigenvalue weighted by atomic mass is 10.3. The largest absolute Gasteiger partial charge is 0.447 e. The van der Waals surface area contributed by atoms with Gasteiger partial charge in [0.2, 0.25) is 5.09 Å². The Labute approximate surface area is 126 Å². The van der Waals surface area contributed by atoms with Crippen molar-refractivity contribution in [1.29, 1.82) is 0 Å². The van der Waals surface area contributed by atoms with Crippen LogP contribution in [-0.2, 0) is 16.6 Å². The SMILES string of the molecule is CSCC(C)N(C)S(=O)(=O)c1ccc(CNC(C)C)o1. The second kappa shape index (κ2) is 7.49. The lowest BCUT2D eigenvalue weighted by molar-refractivity contribution is 0.361. The molecule has 1 rings (SSSR count). The van der Waals surface area contributed by atoms with Crippen LogP contribution in [-0.4, -0.2) is 43.9 Å². The topological polar surface area (TPSA) is 62.6 Å². The molecule has 0 radical (unpaired) electrons. The third kappa shape index (κ3) is 4.51. The van der Waals surface area contributed by atoms with Crippen molar-refractivity contribution in [2.45, 2.75) is 44.5 Å². The number of rotatable bonds is 8. The molecule has 20 heavy (non-hydrogen) atoms. The molecular formula is C13H24N2O3S2. The highest BCUT2D eigenvalue weighted by Crippen LogP contribution is 2.20. The van der Waals surface area contributed by atoms with Crippen molar-refractivity contribution in [1.82, 2.24) is 9.62 Å². The molecule has 0 fully saturated rings. The van der Waals surface area contributed by atoms with Gasteiger partial charge in [-0.15, -0.1) is 0 Å². The zero-order valence-corrected chi connectivity index (χ0v) is 14.3. The molecular weight excluding hydrogens is 296 g/mol. The lowest BCUT2D eigenvalue weighted by Crippen LogP contribution is -2.36. The van der Waals surface area contributed by atoms with Gasteiger partial charge in [-0.1, -0.05) is 13.8 Å². The van der Waals surface area contributed by atoms with Gasteiger partial charge in [-0.05, 0) is 25.3 Å². The second-order valence-electron chi connectivity index (χ2n) is 5.08. The van der Waals surface area contributed by atoms with E-state index in [1.165, 1.54) is 10.4 Å². The minimum atomic E-state index is -3.55. The zero-order chi connectivity index (χ0) is 15.3. The smallest absolute Gasteiger partial charge is 0.276 e. The van der Waals surface area contributed by atoms with E-state index in [4.69, 9.17) is 4.42 Å². The van der Waals surface area contributed by atoms with Gasteiger partial charge in [0.1, 0.15) is 5.76 Å². The highest BCUT2D eigenvalue weighted by molar-refractivity contribution is 7.98. The number of hydrogen-bond donors (Lipinski definition) is 1. The summed E-state index contributed by atoms with van der Waals surface area (Å²) < 4.78 is 31.6. The summed E-state index contributed by atoms with van der Waals surface area (Å²) in [6.45, 7) is 6.46. The molecule has 116 valence electrons. The van der Waals surface area contributed by atoms with Gasteiger partial charge < -0.3 is 9.73 Å². The van der Waals surface area contributed by atoms with Gasteiger partial charge in [0, 0.05) is 24.9 Å². The van der Waals surface area contributed by atoms with E-state index in [1.807, 2.05) is 27.0 Å². The van der Waals surface area contributed by atoms with Gasteiger partial charge in [0.25, 0.3) is 10.0 Å². The van der Waals surface area contributed by atoms with Crippen molar-refractivity contribution in [3.63, 3.8) is 0 Å². The van der Waals surface area contributed by atoms with E-state index < -0.39 is 10.0 Å². The van der Waals surface area contributed by atoms with Crippen molar-refractivity contribution in [2.75, 3.05) is 19.1 Å². The molecule has 1 N–H and O–H groups in total. The van der Waals surface area contributed by atoms with Crippen molar-refractivity contribution >= 4 is 21.8 Å². The molecule has 0 saturated carbocycles. The fraction of sp³-hybridized carbons (Fsp3) is 0.692. The molecule has 0 saturated heterocycles. The van der Waals surface area contributed by atoms with Gasteiger partial charge in [-0.3, -0.25) is 0 Å². The van der Waals surface area contributed by atoms with E-state index in [2.05, 4.69) is 5.32 Å². The molecule has 0 spiro atoms. The fourth-order valence-electron chi connectivity index (χ4n) is 1.62. The molecule has 1 atom stereocenters. The van der Waals surface area contributed by atoms with Crippen molar-refractivity contribution in [3.05, 3.63) is 17.9 Å². The van der Waals surface area contributed by atoms with Crippen LogP contribution in [0.25, 0.3) is 0 Å². The first-order valence-corrected chi connectivity index (χ1v) is 9.41. The van der Waals surface area contributed by atoms with E-state index >= 15 is 0 Å². The normalized spacial score (nSPS) is 14.2. The summed E-state index contributed by atoms with van der Waals surface area (Å²) in [5, 5.41) is 3.20. The number of furan rings is 1. The number of sulfonamides is 1. The van der Waals surface area contributed by atoms with Crippen molar-refractivity contribution in [2.24, 2.45) is 0 Å². The minimum Gasteiger partial charge on any atom is -0.447 e. The standard InChI is InChI=1S/C13H24N2O3S2/c1-10(2)14-8-12-6-7-13(18-12)20(16,17)15(4)11(3)9-19-5/h6-7,10-11,14H,8-9H2,1-5H3. The molecule has 1 aromatic rings. The second-order valence-corrected chi connectivity index (χ2v) is 7.92. The molecule has 1 heterocycles. The first-order chi connectivity index (χ1) is 9.28. The quantitative estimate of drug-likeness (QED) is 0.795. The zero-order valence-electron chi connectivity index (χ0n) is 12.7. The summed E-state index contributed by atoms with van der Waals surface area (Å²) >= 11 is 1.62. The average Bonchev–Trinajstić information content (AvgIpc) is 2.85. The van der Waals surface area contributed by atoms with Crippen LogP contribution >= 0.6 is 11.8 Å². The monoisotopic (exact) mass is 320 g/mol. The Morgan fingerprint density at radius 2 is 2.00 bits per heavy atom. The van der Waals surface area contributed by atoms with Crippen LogP contribution in [0.15, 0.2) is 21.6 Å². The Balaban J connectivity index is 2.82. The first kappa shape index (κ1) is 17.6. The summed E-state index contributed by atoms with van der Waals surface area (Å²) in [5.41, 5.74) is 0. The number of hydrogen-bond acceptors (Lipinski definition) is 5. The maximum atomic E-state index is 12.4. The summed E-state index contributed by atoms with van der Waals surface area (Å²) in [7, 11) is -1.96. The van der Waals surface area contributed by atoms with Crippen LogP contribution in [0.3, 0.4) is 0 Å². The van der Waals surface area contributed by atoms with Crippen LogP contribution in [0.5, 0.6) is 0 Å². The van der Waals surface area contributed by atoms with Crippen molar-refractivity contribution in [3.8, 4) is 0 Å². The average molecular weight is 320 g/mol. The summed E-state index contributed by atoms with van der Waals surface area (Å²) in [6.07, 6.45) is 1.96. The van der Waals surface area contributed by atoms with Gasteiger partial charge in [0.05, 0.1) is 6.54 Å². The predicted molar refractivity (Wildman–Crippen MR) is 83.5 cm³/mol. The van der Waals surface area contributed by atoms with Crippen LogP contribution in [0.4, 0.5) is 0 Å². The van der Waals surface area contributed by atoms with E-state index in [1.54, 1.807) is 24.9 Å². The molecule has 5 nitrogen and oxygen atoms in total. The van der Waals surface area contributed by atoms with E-state index in [9.17, 15) is 8.42 Å². The Hall–Kier alpha value is -0.500. The summed E-state index contributed by atoms with van der Waals surface area (Å²) in [4.78, 5) is 0. The van der Waals surface area contributed by atoms with Crippen LogP contribution in [0, 0.1) is 0 Å². The van der Waals surface area contributed by atoms with E-state index in [-0.39, 0.29) is 11.1 Å². The maximum absolute atomic E-state index is 12.4. The van der Waals surface area contributed by atoms with Crippen LogP contribution in [0.2, 0.25) is 0 Å². The Kier molecular flexibility index (Phi) is 6.57. The summed E-state index contributed by atoms with van der Waals surface area (Å²) in [5.74, 6) is 1.38. The molecule has 7 heteroatoms. The molecule has 1 aromatic heterocycles. The Bertz CT molecular complexity index is 511. The van der Waals surface area contributed by atoms with Crippen LogP contribution in [0.1, 0.15) is 26.5 Å². The molecule has 0 aliphatic carbocycles. The van der Waals surface area contributed by atoms with Gasteiger partial charge in [-0.2, -0.15) is 16.1 Å². The molecule has 1 unspecified atom stereocenters. The maximum Gasteiger partial charge on any atom is 0.276 e. The predicted octanol–water partition coefficient (Wildman–Crippen LogP) is 2.15. The van der Waals surface area contributed by atoms with Crippen LogP contribution < -0.4 is 5.32 Å². The van der Waals surface area contributed by atoms with E-state index in [0.717, 1.165) is 5.75 Å². The van der Waals surface area contributed by atoms with Gasteiger partial charge in [0.15, 0.2) is 0 Å². The first-order valence-electron chi connectivity index (χ1n) is 6.58.